The van der Waals surface area contributed by atoms with Crippen LogP contribution in [0.15, 0.2) is 0 Å². The number of rotatable bonds is 3. The number of amides is 2. The summed E-state index contributed by atoms with van der Waals surface area (Å²) < 4.78 is 0. The maximum absolute atomic E-state index is 12.7. The fraction of sp³-hybridized carbons (Fsp3) is 0.867. The Balaban J connectivity index is 1.84. The Morgan fingerprint density at radius 2 is 2.05 bits per heavy atom. The molecule has 2 N–H and O–H groups in total. The van der Waals surface area contributed by atoms with Gasteiger partial charge < -0.3 is 15.5 Å². The summed E-state index contributed by atoms with van der Waals surface area (Å²) in [6.07, 6.45) is 4.33. The zero-order valence-corrected chi connectivity index (χ0v) is 12.7. The van der Waals surface area contributed by atoms with Gasteiger partial charge in [0.1, 0.15) is 0 Å². The number of carbonyl (C=O) groups is 2. The second-order valence-electron chi connectivity index (χ2n) is 6.33. The van der Waals surface area contributed by atoms with Gasteiger partial charge in [-0.05, 0) is 39.2 Å². The Morgan fingerprint density at radius 3 is 2.60 bits per heavy atom. The van der Waals surface area contributed by atoms with Crippen LogP contribution in [0.25, 0.3) is 0 Å². The van der Waals surface area contributed by atoms with E-state index < -0.39 is 0 Å². The molecule has 1 atom stereocenters. The van der Waals surface area contributed by atoms with E-state index in [1.807, 2.05) is 11.8 Å². The molecule has 0 aliphatic carbocycles. The molecule has 2 heterocycles. The highest BCUT2D eigenvalue weighted by Gasteiger charge is 2.38. The number of hydrogen-bond acceptors (Lipinski definition) is 3. The van der Waals surface area contributed by atoms with Gasteiger partial charge in [0.2, 0.25) is 11.8 Å². The number of carbonyl (C=O) groups excluding carboxylic acids is 2. The first kappa shape index (κ1) is 15.3. The van der Waals surface area contributed by atoms with Crippen molar-refractivity contribution in [1.29, 1.82) is 0 Å². The Morgan fingerprint density at radius 1 is 1.35 bits per heavy atom. The van der Waals surface area contributed by atoms with Gasteiger partial charge in [-0.2, -0.15) is 0 Å². The molecule has 0 bridgehead atoms. The molecule has 2 aliphatic heterocycles. The zero-order chi connectivity index (χ0) is 14.6. The third-order valence-corrected chi connectivity index (χ3v) is 4.58. The van der Waals surface area contributed by atoms with Crippen molar-refractivity contribution in [2.45, 2.75) is 52.0 Å². The first-order valence-electron chi connectivity index (χ1n) is 7.84. The lowest BCUT2D eigenvalue weighted by Gasteiger charge is -2.40. The monoisotopic (exact) mass is 281 g/mol. The summed E-state index contributed by atoms with van der Waals surface area (Å²) in [5.41, 5.74) is -0.238. The molecule has 2 aliphatic rings. The molecule has 2 saturated heterocycles. The molecule has 2 amide bonds. The molecule has 0 aromatic heterocycles. The van der Waals surface area contributed by atoms with Crippen molar-refractivity contribution in [1.82, 2.24) is 15.5 Å². The van der Waals surface area contributed by atoms with Crippen molar-refractivity contribution >= 4 is 11.8 Å². The molecule has 114 valence electrons. The average molecular weight is 281 g/mol. The summed E-state index contributed by atoms with van der Waals surface area (Å²) in [5.74, 6) is 0.392. The van der Waals surface area contributed by atoms with Crippen LogP contribution in [-0.4, -0.2) is 48.9 Å². The lowest BCUT2D eigenvalue weighted by atomic mass is 9.81. The van der Waals surface area contributed by atoms with Gasteiger partial charge in [-0.15, -0.1) is 0 Å². The normalized spacial score (nSPS) is 28.2. The molecule has 0 spiro atoms. The summed E-state index contributed by atoms with van der Waals surface area (Å²) in [6, 6.07) is 0.240. The minimum atomic E-state index is -0.238. The van der Waals surface area contributed by atoms with Crippen molar-refractivity contribution in [2.24, 2.45) is 5.41 Å². The number of piperidine rings is 2. The molecule has 0 aromatic carbocycles. The molecular formula is C15H27N3O2. The topological polar surface area (TPSA) is 61.4 Å². The first-order chi connectivity index (χ1) is 9.55. The highest BCUT2D eigenvalue weighted by atomic mass is 16.2. The van der Waals surface area contributed by atoms with E-state index in [0.29, 0.717) is 6.42 Å². The van der Waals surface area contributed by atoms with Crippen molar-refractivity contribution in [3.05, 3.63) is 0 Å². The van der Waals surface area contributed by atoms with E-state index in [-0.39, 0.29) is 23.3 Å². The van der Waals surface area contributed by atoms with Crippen LogP contribution < -0.4 is 10.6 Å². The maximum Gasteiger partial charge on any atom is 0.229 e. The van der Waals surface area contributed by atoms with Gasteiger partial charge in [-0.1, -0.05) is 6.92 Å². The quantitative estimate of drug-likeness (QED) is 0.808. The van der Waals surface area contributed by atoms with Crippen LogP contribution in [0, 0.1) is 5.41 Å². The summed E-state index contributed by atoms with van der Waals surface area (Å²) >= 11 is 0. The predicted molar refractivity (Wildman–Crippen MR) is 78.2 cm³/mol. The Hall–Kier alpha value is -1.10. The van der Waals surface area contributed by atoms with Crippen LogP contribution in [0.4, 0.5) is 0 Å². The Kier molecular flexibility index (Phi) is 5.02. The van der Waals surface area contributed by atoms with Gasteiger partial charge in [0.05, 0.1) is 5.41 Å². The van der Waals surface area contributed by atoms with E-state index in [4.69, 9.17) is 0 Å². The average Bonchev–Trinajstić information content (AvgIpc) is 2.48. The third kappa shape index (κ3) is 3.51. The van der Waals surface area contributed by atoms with Crippen LogP contribution in [-0.2, 0) is 9.59 Å². The van der Waals surface area contributed by atoms with Gasteiger partial charge in [0.25, 0.3) is 0 Å². The van der Waals surface area contributed by atoms with E-state index in [9.17, 15) is 9.59 Å². The Bertz CT molecular complexity index is 356. The van der Waals surface area contributed by atoms with E-state index in [0.717, 1.165) is 51.9 Å². The lowest BCUT2D eigenvalue weighted by Crippen LogP contribution is -2.54. The Labute approximate surface area is 121 Å². The van der Waals surface area contributed by atoms with Crippen LogP contribution in [0.2, 0.25) is 0 Å². The van der Waals surface area contributed by atoms with Gasteiger partial charge in [0, 0.05) is 32.1 Å². The predicted octanol–water partition coefficient (Wildman–Crippen LogP) is 0.893. The number of likely N-dealkylation sites (tertiary alicyclic amines) is 1. The fourth-order valence-electron chi connectivity index (χ4n) is 3.18. The van der Waals surface area contributed by atoms with Crippen molar-refractivity contribution in [3.63, 3.8) is 0 Å². The van der Waals surface area contributed by atoms with Crippen LogP contribution >= 0.6 is 0 Å². The van der Waals surface area contributed by atoms with E-state index in [1.165, 1.54) is 0 Å². The standard InChI is InChI=1S/C15H27N3O2/c1-3-13(19)17-12-5-9-18(10-6-12)14(20)15(2)7-4-8-16-11-15/h12,16H,3-11H2,1-2H3,(H,17,19). The van der Waals surface area contributed by atoms with E-state index in [2.05, 4.69) is 17.6 Å². The van der Waals surface area contributed by atoms with Crippen molar-refractivity contribution in [2.75, 3.05) is 26.2 Å². The third-order valence-electron chi connectivity index (χ3n) is 4.58. The molecule has 0 saturated carbocycles. The number of nitrogens with one attached hydrogen (secondary N) is 2. The molecule has 0 aromatic rings. The first-order valence-corrected chi connectivity index (χ1v) is 7.84. The minimum Gasteiger partial charge on any atom is -0.353 e. The smallest absolute Gasteiger partial charge is 0.229 e. The van der Waals surface area contributed by atoms with Gasteiger partial charge >= 0.3 is 0 Å². The van der Waals surface area contributed by atoms with Crippen molar-refractivity contribution in [3.8, 4) is 0 Å². The molecule has 2 rings (SSSR count). The minimum absolute atomic E-state index is 0.109. The van der Waals surface area contributed by atoms with Crippen LogP contribution in [0.5, 0.6) is 0 Å². The summed E-state index contributed by atoms with van der Waals surface area (Å²) in [5, 5.41) is 6.36. The van der Waals surface area contributed by atoms with Crippen LogP contribution in [0.1, 0.15) is 46.0 Å². The van der Waals surface area contributed by atoms with Gasteiger partial charge in [0.15, 0.2) is 0 Å². The lowest BCUT2D eigenvalue weighted by molar-refractivity contribution is -0.143. The van der Waals surface area contributed by atoms with Crippen LogP contribution in [0.3, 0.4) is 0 Å². The summed E-state index contributed by atoms with van der Waals surface area (Å²) in [6.45, 7) is 7.29. The molecule has 0 radical (unpaired) electrons. The molecule has 1 unspecified atom stereocenters. The number of hydrogen-bond donors (Lipinski definition) is 2. The van der Waals surface area contributed by atoms with Gasteiger partial charge in [-0.25, -0.2) is 0 Å². The highest BCUT2D eigenvalue weighted by molar-refractivity contribution is 5.83. The zero-order valence-electron chi connectivity index (χ0n) is 12.7. The number of nitrogens with zero attached hydrogens (tertiary/aromatic N) is 1. The largest absolute Gasteiger partial charge is 0.353 e. The second-order valence-corrected chi connectivity index (χ2v) is 6.33. The molecular weight excluding hydrogens is 254 g/mol. The highest BCUT2D eigenvalue weighted by Crippen LogP contribution is 2.29. The van der Waals surface area contributed by atoms with E-state index in [1.54, 1.807) is 0 Å². The SMILES string of the molecule is CCC(=O)NC1CCN(C(=O)C2(C)CCCNC2)CC1. The molecule has 2 fully saturated rings. The molecule has 20 heavy (non-hydrogen) atoms. The summed E-state index contributed by atoms with van der Waals surface area (Å²) in [4.78, 5) is 26.0. The van der Waals surface area contributed by atoms with Gasteiger partial charge in [-0.3, -0.25) is 9.59 Å². The van der Waals surface area contributed by atoms with E-state index >= 15 is 0 Å². The molecule has 5 nitrogen and oxygen atoms in total. The fourth-order valence-corrected chi connectivity index (χ4v) is 3.18. The summed E-state index contributed by atoms with van der Waals surface area (Å²) in [7, 11) is 0. The second kappa shape index (κ2) is 6.57. The molecule has 5 heteroatoms. The van der Waals surface area contributed by atoms with Crippen molar-refractivity contribution < 1.29 is 9.59 Å². The maximum atomic E-state index is 12.7.